The van der Waals surface area contributed by atoms with E-state index in [1.165, 1.54) is 12.7 Å². The van der Waals surface area contributed by atoms with E-state index in [0.717, 1.165) is 43.7 Å². The quantitative estimate of drug-likeness (QED) is 0.528. The number of nitrogens with one attached hydrogen (secondary N) is 1. The maximum atomic E-state index is 11.1. The number of benzene rings is 1. The second-order valence-corrected chi connectivity index (χ2v) is 6.84. The molecule has 0 spiro atoms. The minimum absolute atomic E-state index is 0. The van der Waals surface area contributed by atoms with Gasteiger partial charge in [0, 0.05) is 29.4 Å². The third kappa shape index (κ3) is 6.95. The molecule has 1 aliphatic rings. The van der Waals surface area contributed by atoms with Gasteiger partial charge in [-0.05, 0) is 56.3 Å². The predicted molar refractivity (Wildman–Crippen MR) is 108 cm³/mol. The first kappa shape index (κ1) is 24.5. The fraction of sp³-hybridized carbons (Fsp3) is 0.611. The minimum Gasteiger partial charge on any atom is -0.469 e. The monoisotopic (exact) mass is 410 g/mol. The molecule has 1 saturated carbocycles. The first-order valence-corrected chi connectivity index (χ1v) is 8.74. The molecule has 2 rings (SSSR count). The van der Waals surface area contributed by atoms with E-state index in [4.69, 9.17) is 17.3 Å². The molecule has 1 aliphatic carbocycles. The van der Waals surface area contributed by atoms with Gasteiger partial charge in [0.2, 0.25) is 0 Å². The number of methoxy groups -OCH3 is 1. The van der Waals surface area contributed by atoms with Crippen LogP contribution in [0, 0.1) is 0 Å². The molecule has 1 fully saturated rings. The Morgan fingerprint density at radius 1 is 1.36 bits per heavy atom. The topological polar surface area (TPSA) is 64.3 Å². The summed E-state index contributed by atoms with van der Waals surface area (Å²) < 4.78 is 4.65. The highest BCUT2D eigenvalue weighted by Crippen LogP contribution is 2.39. The van der Waals surface area contributed by atoms with Crippen molar-refractivity contribution in [1.82, 2.24) is 5.32 Å². The number of carbonyl (C=O) groups is 1. The lowest BCUT2D eigenvalue weighted by Crippen LogP contribution is -2.44. The van der Waals surface area contributed by atoms with Crippen molar-refractivity contribution in [3.8, 4) is 0 Å². The summed E-state index contributed by atoms with van der Waals surface area (Å²) in [6, 6.07) is 8.61. The molecule has 0 bridgehead atoms. The second kappa shape index (κ2) is 12.0. The Bertz CT molecular complexity index is 521. The summed E-state index contributed by atoms with van der Waals surface area (Å²) in [6.07, 6.45) is 5.63. The Balaban J connectivity index is 0.00000288. The third-order valence-corrected chi connectivity index (χ3v) is 5.22. The van der Waals surface area contributed by atoms with E-state index in [9.17, 15) is 4.79 Å². The molecule has 144 valence electrons. The summed E-state index contributed by atoms with van der Waals surface area (Å²) in [6.45, 7) is 1.51. The standard InChI is InChI=1S/C18H27ClN2O2.2ClH/c1-23-17(22)6-3-11-21-16-7-9-18(13-20,10-8-16)14-4-2-5-15(19)12-14;;/h2,4-5,12,16,21H,3,6-11,13,20H2,1H3;2*1H. The maximum absolute atomic E-state index is 11.1. The van der Waals surface area contributed by atoms with Crippen molar-refractivity contribution in [2.24, 2.45) is 5.73 Å². The smallest absolute Gasteiger partial charge is 0.305 e. The summed E-state index contributed by atoms with van der Waals surface area (Å²) in [7, 11) is 1.43. The number of carbonyl (C=O) groups excluding carboxylic acids is 1. The summed E-state index contributed by atoms with van der Waals surface area (Å²) in [4.78, 5) is 11.1. The molecule has 1 aromatic rings. The molecule has 1 aromatic carbocycles. The van der Waals surface area contributed by atoms with E-state index in [-0.39, 0.29) is 36.2 Å². The lowest BCUT2D eigenvalue weighted by molar-refractivity contribution is -0.140. The number of halogens is 3. The molecule has 0 saturated heterocycles. The van der Waals surface area contributed by atoms with Gasteiger partial charge in [-0.1, -0.05) is 23.7 Å². The molecule has 4 nitrogen and oxygen atoms in total. The molecular weight excluding hydrogens is 383 g/mol. The van der Waals surface area contributed by atoms with Gasteiger partial charge in [0.05, 0.1) is 7.11 Å². The molecule has 0 heterocycles. The number of ether oxygens (including phenoxy) is 1. The molecule has 0 amide bonds. The zero-order valence-electron chi connectivity index (χ0n) is 14.6. The number of hydrogen-bond acceptors (Lipinski definition) is 4. The summed E-state index contributed by atoms with van der Waals surface area (Å²) >= 11 is 6.14. The van der Waals surface area contributed by atoms with E-state index in [0.29, 0.717) is 19.0 Å². The molecule has 0 radical (unpaired) electrons. The van der Waals surface area contributed by atoms with Gasteiger partial charge >= 0.3 is 5.97 Å². The SMILES string of the molecule is COC(=O)CCCNC1CCC(CN)(c2cccc(Cl)c2)CC1.Cl.Cl. The van der Waals surface area contributed by atoms with Gasteiger partial charge in [0.1, 0.15) is 0 Å². The second-order valence-electron chi connectivity index (χ2n) is 6.40. The van der Waals surface area contributed by atoms with E-state index < -0.39 is 0 Å². The Morgan fingerprint density at radius 2 is 2.04 bits per heavy atom. The van der Waals surface area contributed by atoms with Crippen molar-refractivity contribution >= 4 is 42.4 Å². The maximum Gasteiger partial charge on any atom is 0.305 e. The summed E-state index contributed by atoms with van der Waals surface area (Å²) in [5.41, 5.74) is 7.43. The Kier molecular flexibility index (Phi) is 11.7. The number of rotatable bonds is 7. The average Bonchev–Trinajstić information content (AvgIpc) is 2.59. The number of hydrogen-bond donors (Lipinski definition) is 2. The van der Waals surface area contributed by atoms with Gasteiger partial charge < -0.3 is 15.8 Å². The van der Waals surface area contributed by atoms with E-state index in [2.05, 4.69) is 22.2 Å². The molecule has 3 N–H and O–H groups in total. The van der Waals surface area contributed by atoms with Crippen molar-refractivity contribution in [2.75, 3.05) is 20.2 Å². The molecule has 25 heavy (non-hydrogen) atoms. The highest BCUT2D eigenvalue weighted by Gasteiger charge is 2.35. The van der Waals surface area contributed by atoms with E-state index >= 15 is 0 Å². The molecule has 7 heteroatoms. The number of nitrogens with two attached hydrogens (primary N) is 1. The lowest BCUT2D eigenvalue weighted by atomic mass is 9.68. The normalized spacial score (nSPS) is 22.4. The van der Waals surface area contributed by atoms with Crippen LogP contribution in [0.2, 0.25) is 5.02 Å². The van der Waals surface area contributed by atoms with Crippen molar-refractivity contribution in [1.29, 1.82) is 0 Å². The average molecular weight is 412 g/mol. The Hall–Kier alpha value is -0.520. The zero-order valence-corrected chi connectivity index (χ0v) is 17.0. The van der Waals surface area contributed by atoms with Crippen LogP contribution in [0.5, 0.6) is 0 Å². The molecule has 0 unspecified atom stereocenters. The van der Waals surface area contributed by atoms with Crippen LogP contribution in [0.4, 0.5) is 0 Å². The first-order valence-electron chi connectivity index (χ1n) is 8.36. The van der Waals surface area contributed by atoms with Gasteiger partial charge in [-0.15, -0.1) is 24.8 Å². The van der Waals surface area contributed by atoms with Crippen LogP contribution >= 0.6 is 36.4 Å². The van der Waals surface area contributed by atoms with Crippen LogP contribution in [0.15, 0.2) is 24.3 Å². The van der Waals surface area contributed by atoms with Crippen molar-refractivity contribution in [3.05, 3.63) is 34.9 Å². The third-order valence-electron chi connectivity index (χ3n) is 4.99. The minimum atomic E-state index is -0.140. The lowest BCUT2D eigenvalue weighted by Gasteiger charge is -2.40. The zero-order chi connectivity index (χ0) is 16.7. The fourth-order valence-electron chi connectivity index (χ4n) is 3.44. The fourth-order valence-corrected chi connectivity index (χ4v) is 3.63. The van der Waals surface area contributed by atoms with Crippen molar-refractivity contribution < 1.29 is 9.53 Å². The van der Waals surface area contributed by atoms with Crippen LogP contribution in [0.1, 0.15) is 44.1 Å². The molecule has 0 atom stereocenters. The Morgan fingerprint density at radius 3 is 2.60 bits per heavy atom. The molecular formula is C18H29Cl3N2O2. The van der Waals surface area contributed by atoms with Crippen LogP contribution < -0.4 is 11.1 Å². The van der Waals surface area contributed by atoms with Crippen LogP contribution in [-0.2, 0) is 14.9 Å². The molecule has 0 aromatic heterocycles. The van der Waals surface area contributed by atoms with E-state index in [1.54, 1.807) is 0 Å². The van der Waals surface area contributed by atoms with Crippen LogP contribution in [0.3, 0.4) is 0 Å². The van der Waals surface area contributed by atoms with Gasteiger partial charge in [0.25, 0.3) is 0 Å². The van der Waals surface area contributed by atoms with Crippen molar-refractivity contribution in [3.63, 3.8) is 0 Å². The predicted octanol–water partition coefficient (Wildman–Crippen LogP) is 3.87. The molecule has 0 aliphatic heterocycles. The highest BCUT2D eigenvalue weighted by molar-refractivity contribution is 6.30. The summed E-state index contributed by atoms with van der Waals surface area (Å²) in [5.74, 6) is -0.140. The van der Waals surface area contributed by atoms with E-state index in [1.807, 2.05) is 12.1 Å². The Labute approximate surface area is 168 Å². The summed E-state index contributed by atoms with van der Waals surface area (Å²) in [5, 5.41) is 4.33. The van der Waals surface area contributed by atoms with Gasteiger partial charge in [-0.25, -0.2) is 0 Å². The van der Waals surface area contributed by atoms with Gasteiger partial charge in [-0.3, -0.25) is 4.79 Å². The largest absolute Gasteiger partial charge is 0.469 e. The van der Waals surface area contributed by atoms with Crippen LogP contribution in [-0.4, -0.2) is 32.2 Å². The van der Waals surface area contributed by atoms with Gasteiger partial charge in [-0.2, -0.15) is 0 Å². The van der Waals surface area contributed by atoms with Crippen LogP contribution in [0.25, 0.3) is 0 Å². The highest BCUT2D eigenvalue weighted by atomic mass is 35.5. The van der Waals surface area contributed by atoms with Crippen molar-refractivity contribution in [2.45, 2.75) is 50.0 Å². The number of esters is 1. The van der Waals surface area contributed by atoms with Gasteiger partial charge in [0.15, 0.2) is 0 Å². The first-order chi connectivity index (χ1) is 11.1.